The van der Waals surface area contributed by atoms with Gasteiger partial charge in [0, 0.05) is 12.0 Å². The average molecular weight is 320 g/mol. The van der Waals surface area contributed by atoms with Gasteiger partial charge in [-0.05, 0) is 67.8 Å². The third-order valence-corrected chi connectivity index (χ3v) is 7.25. The summed E-state index contributed by atoms with van der Waals surface area (Å²) in [7, 11) is 0. The Balaban J connectivity index is 1.85. The maximum atomic E-state index is 10.3. The fourth-order valence-corrected chi connectivity index (χ4v) is 6.04. The van der Waals surface area contributed by atoms with Crippen molar-refractivity contribution in [3.8, 4) is 0 Å². The van der Waals surface area contributed by atoms with Gasteiger partial charge in [0.1, 0.15) is 0 Å². The molecule has 3 nitrogen and oxygen atoms in total. The second-order valence-corrected chi connectivity index (χ2v) is 8.19. The van der Waals surface area contributed by atoms with Gasteiger partial charge >= 0.3 is 0 Å². The molecular formula is C20H32O3. The molecule has 0 radical (unpaired) electrons. The molecule has 2 fully saturated rings. The van der Waals surface area contributed by atoms with E-state index in [9.17, 15) is 15.3 Å². The fraction of sp³-hybridized carbons (Fsp3) is 0.800. The zero-order valence-electron chi connectivity index (χ0n) is 14.5. The molecule has 3 rings (SSSR count). The molecule has 0 amide bonds. The molecule has 0 spiro atoms. The normalized spacial score (nSPS) is 42.7. The fourth-order valence-electron chi connectivity index (χ4n) is 6.04. The second-order valence-electron chi connectivity index (χ2n) is 8.19. The maximum Gasteiger partial charge on any atom is 0.0644 e. The SMILES string of the molecule is C/C(=C\CCC1(CO)[C@@H]2C(CO)=CC[C@H]3[C@@H]2[C@@H]1CC[C@H]3C)CO. The van der Waals surface area contributed by atoms with E-state index in [1.807, 2.05) is 6.92 Å². The van der Waals surface area contributed by atoms with Crippen LogP contribution in [0.1, 0.15) is 46.0 Å². The molecule has 6 atom stereocenters. The molecular weight excluding hydrogens is 288 g/mol. The van der Waals surface area contributed by atoms with Crippen LogP contribution in [0.3, 0.4) is 0 Å². The van der Waals surface area contributed by atoms with Crippen molar-refractivity contribution in [1.29, 1.82) is 0 Å². The van der Waals surface area contributed by atoms with Gasteiger partial charge in [0.25, 0.3) is 0 Å². The van der Waals surface area contributed by atoms with Crippen molar-refractivity contribution in [1.82, 2.24) is 0 Å². The molecule has 0 aromatic rings. The average Bonchev–Trinajstić information content (AvgIpc) is 2.57. The van der Waals surface area contributed by atoms with Crippen LogP contribution in [0, 0.1) is 35.0 Å². The molecule has 0 saturated heterocycles. The first-order valence-corrected chi connectivity index (χ1v) is 9.26. The van der Waals surface area contributed by atoms with E-state index in [-0.39, 0.29) is 25.2 Å². The van der Waals surface area contributed by atoms with Crippen LogP contribution in [0.5, 0.6) is 0 Å². The predicted octanol–water partition coefficient (Wildman–Crippen LogP) is 2.91. The number of rotatable bonds is 6. The van der Waals surface area contributed by atoms with Crippen molar-refractivity contribution in [3.63, 3.8) is 0 Å². The summed E-state index contributed by atoms with van der Waals surface area (Å²) in [5.41, 5.74) is 2.13. The minimum absolute atomic E-state index is 0.0513. The van der Waals surface area contributed by atoms with Crippen LogP contribution in [-0.4, -0.2) is 35.1 Å². The quantitative estimate of drug-likeness (QED) is 0.660. The third-order valence-electron chi connectivity index (χ3n) is 7.25. The highest BCUT2D eigenvalue weighted by molar-refractivity contribution is 5.28. The Morgan fingerprint density at radius 3 is 2.74 bits per heavy atom. The highest BCUT2D eigenvalue weighted by Gasteiger charge is 2.65. The zero-order valence-corrected chi connectivity index (χ0v) is 14.5. The van der Waals surface area contributed by atoms with Crippen LogP contribution in [0.25, 0.3) is 0 Å². The van der Waals surface area contributed by atoms with Crippen molar-refractivity contribution in [3.05, 3.63) is 23.3 Å². The molecule has 0 aromatic carbocycles. The lowest BCUT2D eigenvalue weighted by atomic mass is 9.36. The maximum absolute atomic E-state index is 10.3. The topological polar surface area (TPSA) is 60.7 Å². The van der Waals surface area contributed by atoms with Gasteiger partial charge in [-0.2, -0.15) is 0 Å². The Morgan fingerprint density at radius 1 is 1.30 bits per heavy atom. The predicted molar refractivity (Wildman–Crippen MR) is 91.7 cm³/mol. The lowest BCUT2D eigenvalue weighted by Gasteiger charge is -2.68. The monoisotopic (exact) mass is 320 g/mol. The highest BCUT2D eigenvalue weighted by atomic mass is 16.3. The Bertz CT molecular complexity index is 495. The lowest BCUT2D eigenvalue weighted by Crippen LogP contribution is -2.65. The highest BCUT2D eigenvalue weighted by Crippen LogP contribution is 2.69. The summed E-state index contributed by atoms with van der Waals surface area (Å²) >= 11 is 0. The standard InChI is InChI=1S/C20H32O3/c1-13(10-21)4-3-9-20(12-23)17-8-5-14(2)16-7-6-15(11-22)19(20)18(16)17/h4,6,14,16-19,21-23H,3,5,7-12H2,1-2H3/b13-4+/t14-,16-,17+,18-,19-,20?/m1/s1. The molecule has 0 heterocycles. The first kappa shape index (κ1) is 17.2. The molecule has 130 valence electrons. The van der Waals surface area contributed by atoms with Crippen molar-refractivity contribution in [2.24, 2.45) is 35.0 Å². The van der Waals surface area contributed by atoms with Gasteiger partial charge in [0.15, 0.2) is 0 Å². The first-order valence-electron chi connectivity index (χ1n) is 9.26. The van der Waals surface area contributed by atoms with Crippen LogP contribution < -0.4 is 0 Å². The third kappa shape index (κ3) is 2.61. The zero-order chi connectivity index (χ0) is 16.6. The molecule has 0 bridgehead atoms. The number of allylic oxidation sites excluding steroid dienone is 2. The molecule has 3 aliphatic rings. The smallest absolute Gasteiger partial charge is 0.0644 e. The van der Waals surface area contributed by atoms with E-state index in [4.69, 9.17) is 0 Å². The largest absolute Gasteiger partial charge is 0.396 e. The van der Waals surface area contributed by atoms with Crippen molar-refractivity contribution in [2.45, 2.75) is 46.0 Å². The van der Waals surface area contributed by atoms with Crippen molar-refractivity contribution in [2.75, 3.05) is 19.8 Å². The van der Waals surface area contributed by atoms with Gasteiger partial charge in [-0.25, -0.2) is 0 Å². The van der Waals surface area contributed by atoms with Crippen LogP contribution in [0.2, 0.25) is 0 Å². The van der Waals surface area contributed by atoms with Gasteiger partial charge in [-0.1, -0.05) is 31.1 Å². The van der Waals surface area contributed by atoms with E-state index < -0.39 is 0 Å². The molecule has 0 aliphatic heterocycles. The second kappa shape index (κ2) is 6.70. The van der Waals surface area contributed by atoms with Crippen LogP contribution in [-0.2, 0) is 0 Å². The Hall–Kier alpha value is -0.640. The van der Waals surface area contributed by atoms with E-state index in [2.05, 4.69) is 19.1 Å². The van der Waals surface area contributed by atoms with E-state index >= 15 is 0 Å². The van der Waals surface area contributed by atoms with Gasteiger partial charge in [0.05, 0.1) is 13.2 Å². The van der Waals surface area contributed by atoms with Gasteiger partial charge in [-0.3, -0.25) is 0 Å². The number of hydrogen-bond acceptors (Lipinski definition) is 3. The van der Waals surface area contributed by atoms with E-state index in [1.54, 1.807) is 0 Å². The first-order chi connectivity index (χ1) is 11.1. The number of aliphatic hydroxyl groups is 3. The van der Waals surface area contributed by atoms with Crippen LogP contribution in [0.15, 0.2) is 23.3 Å². The summed E-state index contributed by atoms with van der Waals surface area (Å²) in [6.07, 6.45) is 9.85. The Kier molecular flexibility index (Phi) is 5.01. The van der Waals surface area contributed by atoms with E-state index in [0.29, 0.717) is 17.8 Å². The van der Waals surface area contributed by atoms with Crippen LogP contribution in [0.4, 0.5) is 0 Å². The minimum Gasteiger partial charge on any atom is -0.396 e. The van der Waals surface area contributed by atoms with Crippen LogP contribution >= 0.6 is 0 Å². The van der Waals surface area contributed by atoms with Gasteiger partial charge in [0.2, 0.25) is 0 Å². The summed E-state index contributed by atoms with van der Waals surface area (Å²) in [4.78, 5) is 0. The summed E-state index contributed by atoms with van der Waals surface area (Å²) in [5.74, 6) is 3.15. The van der Waals surface area contributed by atoms with Gasteiger partial charge < -0.3 is 15.3 Å². The summed E-state index contributed by atoms with van der Waals surface area (Å²) in [6, 6.07) is 0. The molecule has 0 aromatic heterocycles. The molecule has 3 heteroatoms. The molecule has 2 saturated carbocycles. The molecule has 1 unspecified atom stereocenters. The van der Waals surface area contributed by atoms with E-state index in [1.165, 1.54) is 18.4 Å². The lowest BCUT2D eigenvalue weighted by molar-refractivity contribution is -0.196. The number of aliphatic hydroxyl groups excluding tert-OH is 3. The van der Waals surface area contributed by atoms with Crippen molar-refractivity contribution >= 4 is 0 Å². The summed E-state index contributed by atoms with van der Waals surface area (Å²) in [6.45, 7) is 4.81. The Labute approximate surface area is 140 Å². The Morgan fingerprint density at radius 2 is 2.09 bits per heavy atom. The number of hydrogen-bond donors (Lipinski definition) is 3. The molecule has 3 N–H and O–H groups in total. The molecule has 3 aliphatic carbocycles. The van der Waals surface area contributed by atoms with Gasteiger partial charge in [-0.15, -0.1) is 0 Å². The summed E-state index contributed by atoms with van der Waals surface area (Å²) in [5, 5.41) is 29.3. The van der Waals surface area contributed by atoms with Crippen molar-refractivity contribution < 1.29 is 15.3 Å². The van der Waals surface area contributed by atoms with E-state index in [0.717, 1.165) is 36.7 Å². The minimum atomic E-state index is -0.0513. The summed E-state index contributed by atoms with van der Waals surface area (Å²) < 4.78 is 0. The molecule has 23 heavy (non-hydrogen) atoms.